The average Bonchev–Trinajstić information content (AvgIpc) is 3.38. The minimum absolute atomic E-state index is 0.0118. The zero-order valence-electron chi connectivity index (χ0n) is 18.7. The fourth-order valence-electron chi connectivity index (χ4n) is 4.08. The number of carbonyl (C=O) groups excluding carboxylic acids is 2. The lowest BCUT2D eigenvalue weighted by molar-refractivity contribution is -0.132. The first-order valence-corrected chi connectivity index (χ1v) is 12.4. The van der Waals surface area contributed by atoms with Crippen molar-refractivity contribution in [2.24, 2.45) is 0 Å². The predicted octanol–water partition coefficient (Wildman–Crippen LogP) is 6.33. The number of nitrogens with zero attached hydrogens (tertiary/aromatic N) is 2. The van der Waals surface area contributed by atoms with Crippen LogP contribution >= 0.6 is 34.5 Å². The number of carbonyl (C=O) groups is 2. The number of ketones is 1. The maximum Gasteiger partial charge on any atom is 0.301 e. The molecule has 2 heterocycles. The van der Waals surface area contributed by atoms with Gasteiger partial charge in [-0.3, -0.25) is 14.5 Å². The first kappa shape index (κ1) is 24.1. The van der Waals surface area contributed by atoms with E-state index in [1.165, 1.54) is 34.4 Å². The standard InChI is InChI=1S/C26H18Cl2N2O5S/c1-2-35-16-8-9-18(28)17(12-16)23(32)21-22(13-3-6-15(31)7-4-13)30(25(34)24(21)33)26-29-19-10-5-14(27)11-20(19)36-26/h3-12,22,31-32H,2H2,1H3/b23-21+. The molecule has 1 amide bonds. The van der Waals surface area contributed by atoms with Gasteiger partial charge in [-0.15, -0.1) is 0 Å². The van der Waals surface area contributed by atoms with Gasteiger partial charge in [-0.05, 0) is 61.0 Å². The van der Waals surface area contributed by atoms with Gasteiger partial charge in [0.25, 0.3) is 5.78 Å². The second kappa shape index (κ2) is 9.46. The highest BCUT2D eigenvalue weighted by Crippen LogP contribution is 2.45. The Morgan fingerprint density at radius 1 is 1.08 bits per heavy atom. The molecule has 0 saturated carbocycles. The Morgan fingerprint density at radius 2 is 1.83 bits per heavy atom. The van der Waals surface area contributed by atoms with Gasteiger partial charge in [0.05, 0.1) is 33.5 Å². The summed E-state index contributed by atoms with van der Waals surface area (Å²) in [7, 11) is 0. The minimum atomic E-state index is -1.02. The van der Waals surface area contributed by atoms with E-state index >= 15 is 0 Å². The van der Waals surface area contributed by atoms with Crippen LogP contribution in [0.5, 0.6) is 11.5 Å². The molecule has 1 unspecified atom stereocenters. The monoisotopic (exact) mass is 540 g/mol. The molecule has 1 saturated heterocycles. The molecule has 10 heteroatoms. The minimum Gasteiger partial charge on any atom is -0.508 e. The number of ether oxygens (including phenoxy) is 1. The van der Waals surface area contributed by atoms with Gasteiger partial charge in [0.1, 0.15) is 17.3 Å². The van der Waals surface area contributed by atoms with Crippen LogP contribution in [0.15, 0.2) is 66.2 Å². The lowest BCUT2D eigenvalue weighted by Crippen LogP contribution is -2.29. The molecular weight excluding hydrogens is 523 g/mol. The molecule has 1 fully saturated rings. The predicted molar refractivity (Wildman–Crippen MR) is 140 cm³/mol. The quantitative estimate of drug-likeness (QED) is 0.174. The fraction of sp³-hybridized carbons (Fsp3) is 0.115. The number of fused-ring (bicyclic) bond motifs is 1. The van der Waals surface area contributed by atoms with Crippen LogP contribution in [-0.2, 0) is 9.59 Å². The molecule has 0 radical (unpaired) electrons. The normalized spacial score (nSPS) is 17.2. The van der Waals surface area contributed by atoms with Crippen molar-refractivity contribution in [1.29, 1.82) is 0 Å². The topological polar surface area (TPSA) is 100.0 Å². The van der Waals surface area contributed by atoms with Crippen molar-refractivity contribution in [1.82, 2.24) is 4.98 Å². The average molecular weight is 541 g/mol. The number of rotatable bonds is 5. The van der Waals surface area contributed by atoms with Gasteiger partial charge in [-0.2, -0.15) is 0 Å². The van der Waals surface area contributed by atoms with Gasteiger partial charge < -0.3 is 14.9 Å². The van der Waals surface area contributed by atoms with Crippen LogP contribution in [-0.4, -0.2) is 33.5 Å². The molecule has 0 bridgehead atoms. The summed E-state index contributed by atoms with van der Waals surface area (Å²) in [6, 6.07) is 14.9. The van der Waals surface area contributed by atoms with E-state index in [4.69, 9.17) is 27.9 Å². The number of aromatic nitrogens is 1. The fourth-order valence-corrected chi connectivity index (χ4v) is 5.55. The molecule has 7 nitrogen and oxygen atoms in total. The molecule has 2 N–H and O–H groups in total. The van der Waals surface area contributed by atoms with Crippen LogP contribution in [0.2, 0.25) is 10.0 Å². The largest absolute Gasteiger partial charge is 0.508 e. The maximum absolute atomic E-state index is 13.4. The summed E-state index contributed by atoms with van der Waals surface area (Å²) in [6.07, 6.45) is 0. The van der Waals surface area contributed by atoms with Crippen LogP contribution in [0.4, 0.5) is 5.13 Å². The number of hydrogen-bond donors (Lipinski definition) is 2. The number of phenols is 1. The molecular formula is C26H18Cl2N2O5S. The first-order valence-electron chi connectivity index (χ1n) is 10.9. The van der Waals surface area contributed by atoms with Gasteiger partial charge in [0, 0.05) is 10.6 Å². The lowest BCUT2D eigenvalue weighted by Gasteiger charge is -2.23. The second-order valence-corrected chi connectivity index (χ2v) is 9.80. The Balaban J connectivity index is 1.73. The van der Waals surface area contributed by atoms with Crippen LogP contribution in [0.3, 0.4) is 0 Å². The van der Waals surface area contributed by atoms with Crippen molar-refractivity contribution >= 4 is 67.3 Å². The number of aliphatic hydroxyl groups is 1. The summed E-state index contributed by atoms with van der Waals surface area (Å²) in [5.41, 5.74) is 1.10. The number of anilines is 1. The Hall–Kier alpha value is -3.59. The van der Waals surface area contributed by atoms with Crippen LogP contribution in [0.25, 0.3) is 16.0 Å². The number of thiazole rings is 1. The van der Waals surface area contributed by atoms with Gasteiger partial charge in [-0.25, -0.2) is 4.98 Å². The Bertz CT molecular complexity index is 1550. The van der Waals surface area contributed by atoms with E-state index in [9.17, 15) is 19.8 Å². The molecule has 0 spiro atoms. The molecule has 1 atom stereocenters. The summed E-state index contributed by atoms with van der Waals surface area (Å²) in [6.45, 7) is 2.21. The molecule has 36 heavy (non-hydrogen) atoms. The summed E-state index contributed by atoms with van der Waals surface area (Å²) >= 11 is 13.7. The lowest BCUT2D eigenvalue weighted by atomic mass is 9.95. The van der Waals surface area contributed by atoms with E-state index in [0.717, 1.165) is 4.70 Å². The van der Waals surface area contributed by atoms with Crippen LogP contribution < -0.4 is 9.64 Å². The van der Waals surface area contributed by atoms with E-state index in [2.05, 4.69) is 4.98 Å². The van der Waals surface area contributed by atoms with E-state index in [0.29, 0.717) is 28.5 Å². The molecule has 0 aliphatic carbocycles. The van der Waals surface area contributed by atoms with E-state index in [1.807, 2.05) is 6.92 Å². The third-order valence-electron chi connectivity index (χ3n) is 5.70. The van der Waals surface area contributed by atoms with Crippen LogP contribution in [0.1, 0.15) is 24.1 Å². The maximum atomic E-state index is 13.4. The van der Waals surface area contributed by atoms with Gasteiger partial charge in [0.15, 0.2) is 5.13 Å². The van der Waals surface area contributed by atoms with E-state index < -0.39 is 23.5 Å². The number of halogens is 2. The van der Waals surface area contributed by atoms with Crippen molar-refractivity contribution in [2.45, 2.75) is 13.0 Å². The number of Topliss-reactive ketones (excluding diaryl/α,β-unsaturated/α-hetero) is 1. The summed E-state index contributed by atoms with van der Waals surface area (Å²) in [5.74, 6) is -1.72. The number of aliphatic hydroxyl groups excluding tert-OH is 1. The third kappa shape index (κ3) is 4.17. The SMILES string of the molecule is CCOc1ccc(Cl)c(/C(O)=C2\C(=O)C(=O)N(c3nc4ccc(Cl)cc4s3)C2c2ccc(O)cc2)c1. The summed E-state index contributed by atoms with van der Waals surface area (Å²) in [4.78, 5) is 32.5. The van der Waals surface area contributed by atoms with Crippen molar-refractivity contribution in [2.75, 3.05) is 11.5 Å². The zero-order valence-corrected chi connectivity index (χ0v) is 21.1. The molecule has 3 aromatic carbocycles. The molecule has 5 rings (SSSR count). The number of aromatic hydroxyl groups is 1. The number of hydrogen-bond acceptors (Lipinski definition) is 7. The Kier molecular flexibility index (Phi) is 6.34. The van der Waals surface area contributed by atoms with Gasteiger partial charge in [-0.1, -0.05) is 46.7 Å². The van der Waals surface area contributed by atoms with Crippen LogP contribution in [0, 0.1) is 0 Å². The van der Waals surface area contributed by atoms with Crippen molar-refractivity contribution in [3.63, 3.8) is 0 Å². The first-order chi connectivity index (χ1) is 17.3. The van der Waals surface area contributed by atoms with Gasteiger partial charge >= 0.3 is 5.91 Å². The van der Waals surface area contributed by atoms with Crippen molar-refractivity contribution in [3.05, 3.63) is 87.4 Å². The highest BCUT2D eigenvalue weighted by molar-refractivity contribution is 7.22. The third-order valence-corrected chi connectivity index (χ3v) is 7.28. The highest BCUT2D eigenvalue weighted by atomic mass is 35.5. The number of benzene rings is 3. The molecule has 1 aliphatic heterocycles. The zero-order chi connectivity index (χ0) is 25.6. The highest BCUT2D eigenvalue weighted by Gasteiger charge is 2.48. The molecule has 4 aromatic rings. The smallest absolute Gasteiger partial charge is 0.301 e. The number of phenolic OH excluding ortho intramolecular Hbond substituents is 1. The van der Waals surface area contributed by atoms with Crippen molar-refractivity contribution < 1.29 is 24.5 Å². The molecule has 1 aromatic heterocycles. The van der Waals surface area contributed by atoms with E-state index in [1.54, 1.807) is 42.5 Å². The number of amides is 1. The second-order valence-electron chi connectivity index (χ2n) is 7.94. The Morgan fingerprint density at radius 3 is 2.56 bits per heavy atom. The molecule has 182 valence electrons. The Labute approximate surface area is 219 Å². The molecule has 1 aliphatic rings. The van der Waals surface area contributed by atoms with E-state index in [-0.39, 0.29) is 27.0 Å². The van der Waals surface area contributed by atoms with Crippen molar-refractivity contribution in [3.8, 4) is 11.5 Å². The summed E-state index contributed by atoms with van der Waals surface area (Å²) < 4.78 is 6.25. The summed E-state index contributed by atoms with van der Waals surface area (Å²) in [5, 5.41) is 22.1. The van der Waals surface area contributed by atoms with Gasteiger partial charge in [0.2, 0.25) is 0 Å².